The summed E-state index contributed by atoms with van der Waals surface area (Å²) < 4.78 is 15.2. The molecule has 0 atom stereocenters. The van der Waals surface area contributed by atoms with Crippen LogP contribution in [0.5, 0.6) is 17.2 Å². The number of nitrogens with zero attached hydrogens (tertiary/aromatic N) is 1. The maximum absolute atomic E-state index is 11.8. The lowest BCUT2D eigenvalue weighted by Crippen LogP contribution is -2.04. The fraction of sp³-hybridized carbons (Fsp3) is 0.133. The number of esters is 1. The Labute approximate surface area is 126 Å². The molecule has 7 heteroatoms. The molecule has 0 unspecified atom stereocenters. The van der Waals surface area contributed by atoms with E-state index in [2.05, 4.69) is 4.74 Å². The second-order valence-electron chi connectivity index (χ2n) is 4.21. The van der Waals surface area contributed by atoms with Crippen molar-refractivity contribution in [3.63, 3.8) is 0 Å². The molecule has 0 aliphatic carbocycles. The Morgan fingerprint density at radius 1 is 1.05 bits per heavy atom. The van der Waals surface area contributed by atoms with Crippen molar-refractivity contribution in [1.82, 2.24) is 0 Å². The maximum Gasteiger partial charge on any atom is 0.341 e. The van der Waals surface area contributed by atoms with Crippen molar-refractivity contribution in [3.8, 4) is 17.2 Å². The van der Waals surface area contributed by atoms with E-state index in [1.807, 2.05) is 0 Å². The molecule has 0 aliphatic rings. The summed E-state index contributed by atoms with van der Waals surface area (Å²) in [6, 6.07) is 10.4. The lowest BCUT2D eigenvalue weighted by molar-refractivity contribution is -0.384. The van der Waals surface area contributed by atoms with Gasteiger partial charge in [-0.15, -0.1) is 0 Å². The van der Waals surface area contributed by atoms with Crippen LogP contribution in [0, 0.1) is 10.1 Å². The molecule has 2 aromatic rings. The third-order valence-electron chi connectivity index (χ3n) is 2.87. The Bertz CT molecular complexity index is 696. The Morgan fingerprint density at radius 2 is 1.68 bits per heavy atom. The molecule has 0 heterocycles. The van der Waals surface area contributed by atoms with E-state index in [1.54, 1.807) is 31.4 Å². The van der Waals surface area contributed by atoms with Gasteiger partial charge in [0.25, 0.3) is 5.69 Å². The fourth-order valence-corrected chi connectivity index (χ4v) is 1.76. The van der Waals surface area contributed by atoms with Gasteiger partial charge in [0.1, 0.15) is 22.8 Å². The third kappa shape index (κ3) is 3.32. The number of ether oxygens (including phenoxy) is 3. The number of nitro groups is 1. The SMILES string of the molecule is COC(=O)c1cc([N+](=O)[O-])ccc1Oc1ccc(OC)cc1. The summed E-state index contributed by atoms with van der Waals surface area (Å²) in [5.41, 5.74) is -0.241. The number of methoxy groups -OCH3 is 2. The van der Waals surface area contributed by atoms with Crippen molar-refractivity contribution in [2.24, 2.45) is 0 Å². The molecule has 2 rings (SSSR count). The van der Waals surface area contributed by atoms with Gasteiger partial charge in [-0.3, -0.25) is 10.1 Å². The van der Waals surface area contributed by atoms with Crippen LogP contribution in [0.2, 0.25) is 0 Å². The first kappa shape index (κ1) is 15.3. The summed E-state index contributed by atoms with van der Waals surface area (Å²) in [6.07, 6.45) is 0. The summed E-state index contributed by atoms with van der Waals surface area (Å²) in [7, 11) is 2.74. The lowest BCUT2D eigenvalue weighted by atomic mass is 10.2. The molecule has 0 N–H and O–H groups in total. The van der Waals surface area contributed by atoms with Crippen molar-refractivity contribution in [2.45, 2.75) is 0 Å². The fourth-order valence-electron chi connectivity index (χ4n) is 1.76. The molecule has 0 saturated carbocycles. The average molecular weight is 303 g/mol. The third-order valence-corrected chi connectivity index (χ3v) is 2.87. The van der Waals surface area contributed by atoms with Gasteiger partial charge < -0.3 is 14.2 Å². The van der Waals surface area contributed by atoms with Crippen molar-refractivity contribution < 1.29 is 23.9 Å². The van der Waals surface area contributed by atoms with E-state index >= 15 is 0 Å². The van der Waals surface area contributed by atoms with Gasteiger partial charge in [0.05, 0.1) is 19.1 Å². The minimum Gasteiger partial charge on any atom is -0.497 e. The monoisotopic (exact) mass is 303 g/mol. The zero-order valence-corrected chi connectivity index (χ0v) is 11.9. The van der Waals surface area contributed by atoms with Gasteiger partial charge in [-0.25, -0.2) is 4.79 Å². The van der Waals surface area contributed by atoms with Crippen molar-refractivity contribution in [1.29, 1.82) is 0 Å². The first-order valence-electron chi connectivity index (χ1n) is 6.24. The lowest BCUT2D eigenvalue weighted by Gasteiger charge is -2.10. The van der Waals surface area contributed by atoms with Crippen LogP contribution >= 0.6 is 0 Å². The molecule has 0 amide bonds. The van der Waals surface area contributed by atoms with E-state index in [1.165, 1.54) is 19.2 Å². The number of nitro benzene ring substituents is 1. The molecular formula is C15H13NO6. The summed E-state index contributed by atoms with van der Waals surface area (Å²) in [4.78, 5) is 22.0. The van der Waals surface area contributed by atoms with E-state index < -0.39 is 10.9 Å². The van der Waals surface area contributed by atoms with Crippen molar-refractivity contribution >= 4 is 11.7 Å². The zero-order chi connectivity index (χ0) is 16.1. The smallest absolute Gasteiger partial charge is 0.341 e. The molecule has 0 fully saturated rings. The minimum absolute atomic E-state index is 0.0208. The van der Waals surface area contributed by atoms with Gasteiger partial charge >= 0.3 is 5.97 Å². The van der Waals surface area contributed by atoms with Gasteiger partial charge in [-0.1, -0.05) is 0 Å². The second kappa shape index (κ2) is 6.57. The van der Waals surface area contributed by atoms with Crippen LogP contribution in [-0.4, -0.2) is 25.1 Å². The van der Waals surface area contributed by atoms with E-state index in [0.717, 1.165) is 6.07 Å². The number of carbonyl (C=O) groups is 1. The largest absolute Gasteiger partial charge is 0.497 e. The quantitative estimate of drug-likeness (QED) is 0.479. The van der Waals surface area contributed by atoms with Gasteiger partial charge in [0, 0.05) is 12.1 Å². The Morgan fingerprint density at radius 3 is 2.23 bits per heavy atom. The van der Waals surface area contributed by atoms with Gasteiger partial charge in [-0.05, 0) is 30.3 Å². The predicted octanol–water partition coefficient (Wildman–Crippen LogP) is 3.18. The molecule has 22 heavy (non-hydrogen) atoms. The molecule has 0 radical (unpaired) electrons. The highest BCUT2D eigenvalue weighted by Crippen LogP contribution is 2.30. The molecule has 114 valence electrons. The van der Waals surface area contributed by atoms with E-state index in [4.69, 9.17) is 9.47 Å². The van der Waals surface area contributed by atoms with Crippen LogP contribution < -0.4 is 9.47 Å². The summed E-state index contributed by atoms with van der Waals surface area (Å²) in [6.45, 7) is 0. The van der Waals surface area contributed by atoms with Crippen molar-refractivity contribution in [3.05, 3.63) is 58.1 Å². The van der Waals surface area contributed by atoms with Gasteiger partial charge in [0.2, 0.25) is 0 Å². The molecular weight excluding hydrogens is 290 g/mol. The van der Waals surface area contributed by atoms with Crippen molar-refractivity contribution in [2.75, 3.05) is 14.2 Å². The highest BCUT2D eigenvalue weighted by molar-refractivity contribution is 5.93. The molecule has 0 saturated heterocycles. The molecule has 0 aliphatic heterocycles. The molecule has 0 bridgehead atoms. The minimum atomic E-state index is -0.716. The predicted molar refractivity (Wildman–Crippen MR) is 77.5 cm³/mol. The van der Waals surface area contributed by atoms with Crippen LogP contribution in [0.25, 0.3) is 0 Å². The number of benzene rings is 2. The van der Waals surface area contributed by atoms with Gasteiger partial charge in [-0.2, -0.15) is 0 Å². The van der Waals surface area contributed by atoms with Crippen LogP contribution in [0.1, 0.15) is 10.4 Å². The first-order valence-corrected chi connectivity index (χ1v) is 6.24. The van der Waals surface area contributed by atoms with E-state index in [-0.39, 0.29) is 17.0 Å². The zero-order valence-electron chi connectivity index (χ0n) is 11.9. The molecule has 0 spiro atoms. The molecule has 0 aromatic heterocycles. The Kier molecular flexibility index (Phi) is 4.57. The topological polar surface area (TPSA) is 87.9 Å². The summed E-state index contributed by atoms with van der Waals surface area (Å²) in [5, 5.41) is 10.8. The van der Waals surface area contributed by atoms with Crippen LogP contribution in [0.4, 0.5) is 5.69 Å². The number of non-ortho nitro benzene ring substituents is 1. The highest BCUT2D eigenvalue weighted by atomic mass is 16.6. The number of carbonyl (C=O) groups excluding carboxylic acids is 1. The number of hydrogen-bond acceptors (Lipinski definition) is 6. The number of rotatable bonds is 5. The van der Waals surface area contributed by atoms with Crippen LogP contribution in [-0.2, 0) is 4.74 Å². The van der Waals surface area contributed by atoms with E-state index in [0.29, 0.717) is 11.5 Å². The Hall–Kier alpha value is -3.09. The van der Waals surface area contributed by atoms with Gasteiger partial charge in [0.15, 0.2) is 0 Å². The maximum atomic E-state index is 11.8. The number of hydrogen-bond donors (Lipinski definition) is 0. The van der Waals surface area contributed by atoms with E-state index in [9.17, 15) is 14.9 Å². The standard InChI is InChI=1S/C15H13NO6/c1-20-11-4-6-12(7-5-11)22-14-8-3-10(16(18)19)9-13(14)15(17)21-2/h3-9H,1-2H3. The highest BCUT2D eigenvalue weighted by Gasteiger charge is 2.18. The second-order valence-corrected chi connectivity index (χ2v) is 4.21. The summed E-state index contributed by atoms with van der Waals surface area (Å²) in [5.74, 6) is 0.568. The first-order chi connectivity index (χ1) is 10.5. The van der Waals surface area contributed by atoms with Crippen LogP contribution in [0.15, 0.2) is 42.5 Å². The molecule has 2 aromatic carbocycles. The normalized spacial score (nSPS) is 9.91. The average Bonchev–Trinajstić information content (AvgIpc) is 2.55. The van der Waals surface area contributed by atoms with Crippen LogP contribution in [0.3, 0.4) is 0 Å². The summed E-state index contributed by atoms with van der Waals surface area (Å²) >= 11 is 0. The molecule has 7 nitrogen and oxygen atoms in total. The Balaban J connectivity index is 2.36.